The minimum Gasteiger partial charge on any atom is -0.369 e. The molecule has 1 aromatic carbocycles. The van der Waals surface area contributed by atoms with Gasteiger partial charge < -0.3 is 10.2 Å². The number of nitrogens with one attached hydrogen (secondary N) is 1. The topological polar surface area (TPSA) is 15.3 Å². The van der Waals surface area contributed by atoms with E-state index in [1.54, 1.807) is 11.3 Å². The van der Waals surface area contributed by atoms with Crippen LogP contribution in [0.15, 0.2) is 40.2 Å². The molecule has 1 heterocycles. The maximum Gasteiger partial charge on any atom is 0.0519 e. The van der Waals surface area contributed by atoms with Crippen molar-refractivity contribution in [3.63, 3.8) is 0 Å². The third-order valence-electron chi connectivity index (χ3n) is 3.24. The minimum absolute atomic E-state index is 0.117. The summed E-state index contributed by atoms with van der Waals surface area (Å²) in [5.74, 6) is 0. The number of rotatable bonds is 5. The van der Waals surface area contributed by atoms with Crippen molar-refractivity contribution in [2.75, 3.05) is 11.9 Å². The monoisotopic (exact) mass is 366 g/mol. The van der Waals surface area contributed by atoms with Gasteiger partial charge in [0.1, 0.15) is 0 Å². The largest absolute Gasteiger partial charge is 0.369 e. The van der Waals surface area contributed by atoms with E-state index in [0.29, 0.717) is 0 Å². The first-order chi connectivity index (χ1) is 9.85. The lowest BCUT2D eigenvalue weighted by molar-refractivity contribution is 0.424. The first-order valence-electron chi connectivity index (χ1n) is 7.12. The van der Waals surface area contributed by atoms with E-state index in [1.165, 1.54) is 16.1 Å². The van der Waals surface area contributed by atoms with E-state index in [0.717, 1.165) is 17.6 Å². The predicted octanol–water partition coefficient (Wildman–Crippen LogP) is 5.04. The number of anilines is 1. The Morgan fingerprint density at radius 1 is 1.24 bits per heavy atom. The zero-order valence-electron chi connectivity index (χ0n) is 13.1. The fraction of sp³-hybridized carbons (Fsp3) is 0.412. The van der Waals surface area contributed by atoms with E-state index in [-0.39, 0.29) is 5.54 Å². The highest BCUT2D eigenvalue weighted by molar-refractivity contribution is 9.10. The van der Waals surface area contributed by atoms with Gasteiger partial charge in [-0.1, -0.05) is 22.0 Å². The summed E-state index contributed by atoms with van der Waals surface area (Å²) < 4.78 is 1.13. The lowest BCUT2D eigenvalue weighted by atomic mass is 10.1. The highest BCUT2D eigenvalue weighted by Gasteiger charge is 2.13. The van der Waals surface area contributed by atoms with Crippen LogP contribution in [0.4, 0.5) is 5.69 Å². The zero-order chi connectivity index (χ0) is 15.5. The number of thiophene rings is 1. The van der Waals surface area contributed by atoms with E-state index < -0.39 is 0 Å². The Morgan fingerprint density at radius 2 is 2.00 bits per heavy atom. The molecule has 1 N–H and O–H groups in total. The summed E-state index contributed by atoms with van der Waals surface area (Å²) in [6.07, 6.45) is 0. The summed E-state index contributed by atoms with van der Waals surface area (Å²) in [5.41, 5.74) is 2.72. The molecule has 2 aromatic rings. The van der Waals surface area contributed by atoms with Crippen molar-refractivity contribution in [1.82, 2.24) is 5.32 Å². The Balaban J connectivity index is 2.17. The second-order valence-electron chi connectivity index (χ2n) is 6.31. The molecule has 2 rings (SSSR count). The van der Waals surface area contributed by atoms with Crippen LogP contribution in [-0.4, -0.2) is 12.6 Å². The van der Waals surface area contributed by atoms with Gasteiger partial charge in [-0.3, -0.25) is 0 Å². The van der Waals surface area contributed by atoms with Crippen LogP contribution in [0, 0.1) is 0 Å². The molecule has 0 aliphatic rings. The fourth-order valence-electron chi connectivity index (χ4n) is 2.15. The van der Waals surface area contributed by atoms with Gasteiger partial charge in [-0.15, -0.1) is 11.3 Å². The van der Waals surface area contributed by atoms with Crippen LogP contribution in [0.25, 0.3) is 0 Å². The molecule has 0 saturated heterocycles. The smallest absolute Gasteiger partial charge is 0.0519 e. The molecule has 114 valence electrons. The molecule has 0 atom stereocenters. The third-order valence-corrected chi connectivity index (χ3v) is 4.59. The van der Waals surface area contributed by atoms with Gasteiger partial charge in [0.25, 0.3) is 0 Å². The summed E-state index contributed by atoms with van der Waals surface area (Å²) >= 11 is 5.39. The van der Waals surface area contributed by atoms with Crippen molar-refractivity contribution in [3.8, 4) is 0 Å². The Bertz CT molecular complexity index is 573. The molecule has 4 heteroatoms. The van der Waals surface area contributed by atoms with Gasteiger partial charge in [-0.25, -0.2) is 0 Å². The van der Waals surface area contributed by atoms with Crippen LogP contribution in [-0.2, 0) is 13.1 Å². The standard InChI is InChI=1S/C17H23BrN2S/c1-17(2,3)19-11-13-10-14(18)7-8-16(13)20(4)12-15-6-5-9-21-15/h5-10,19H,11-12H2,1-4H3. The number of benzene rings is 1. The van der Waals surface area contributed by atoms with Crippen LogP contribution in [0.5, 0.6) is 0 Å². The summed E-state index contributed by atoms with van der Waals surface area (Å²) in [6, 6.07) is 10.8. The fourth-order valence-corrected chi connectivity index (χ4v) is 3.32. The quantitative estimate of drug-likeness (QED) is 0.797. The summed E-state index contributed by atoms with van der Waals surface area (Å²) in [5, 5.41) is 5.71. The first kappa shape index (κ1) is 16.5. The molecule has 0 fully saturated rings. The highest BCUT2D eigenvalue weighted by Crippen LogP contribution is 2.26. The van der Waals surface area contributed by atoms with E-state index in [4.69, 9.17) is 0 Å². The van der Waals surface area contributed by atoms with E-state index >= 15 is 0 Å². The lowest BCUT2D eigenvalue weighted by Gasteiger charge is -2.25. The van der Waals surface area contributed by atoms with Gasteiger partial charge in [0.05, 0.1) is 6.54 Å². The number of hydrogen-bond acceptors (Lipinski definition) is 3. The third kappa shape index (κ3) is 5.13. The number of halogens is 1. The first-order valence-corrected chi connectivity index (χ1v) is 8.79. The van der Waals surface area contributed by atoms with E-state index in [9.17, 15) is 0 Å². The van der Waals surface area contributed by atoms with Crippen LogP contribution < -0.4 is 10.2 Å². The van der Waals surface area contributed by atoms with Crippen LogP contribution in [0.2, 0.25) is 0 Å². The average Bonchev–Trinajstić information content (AvgIpc) is 2.88. The molecule has 0 aliphatic heterocycles. The molecule has 0 bridgehead atoms. The molecule has 0 amide bonds. The lowest BCUT2D eigenvalue weighted by Crippen LogP contribution is -2.35. The normalized spacial score (nSPS) is 11.7. The average molecular weight is 367 g/mol. The van der Waals surface area contributed by atoms with Crippen LogP contribution >= 0.6 is 27.3 Å². The molecule has 0 unspecified atom stereocenters. The molecule has 0 aliphatic carbocycles. The molecule has 0 spiro atoms. The van der Waals surface area contributed by atoms with Gasteiger partial charge in [0.15, 0.2) is 0 Å². The molecule has 0 radical (unpaired) electrons. The number of hydrogen-bond donors (Lipinski definition) is 1. The van der Waals surface area contributed by atoms with Crippen molar-refractivity contribution in [3.05, 3.63) is 50.6 Å². The molecule has 0 saturated carbocycles. The SMILES string of the molecule is CN(Cc1cccs1)c1ccc(Br)cc1CNC(C)(C)C. The minimum atomic E-state index is 0.117. The van der Waals surface area contributed by atoms with Gasteiger partial charge in [-0.2, -0.15) is 0 Å². The van der Waals surface area contributed by atoms with Crippen molar-refractivity contribution in [1.29, 1.82) is 0 Å². The Hall–Kier alpha value is -0.840. The number of nitrogens with zero attached hydrogens (tertiary/aromatic N) is 1. The molecule has 1 aromatic heterocycles. The van der Waals surface area contributed by atoms with Crippen molar-refractivity contribution >= 4 is 33.0 Å². The van der Waals surface area contributed by atoms with Gasteiger partial charge in [0.2, 0.25) is 0 Å². The molecule has 21 heavy (non-hydrogen) atoms. The van der Waals surface area contributed by atoms with Crippen molar-refractivity contribution in [2.24, 2.45) is 0 Å². The Morgan fingerprint density at radius 3 is 2.62 bits per heavy atom. The molecular weight excluding hydrogens is 344 g/mol. The zero-order valence-corrected chi connectivity index (χ0v) is 15.5. The Kier molecular flexibility index (Phi) is 5.47. The van der Waals surface area contributed by atoms with E-state index in [2.05, 4.69) is 89.7 Å². The Labute approximate surface area is 140 Å². The predicted molar refractivity (Wildman–Crippen MR) is 97.2 cm³/mol. The van der Waals surface area contributed by atoms with Crippen molar-refractivity contribution < 1.29 is 0 Å². The second kappa shape index (κ2) is 6.95. The summed E-state index contributed by atoms with van der Waals surface area (Å²) in [7, 11) is 2.16. The summed E-state index contributed by atoms with van der Waals surface area (Å²) in [6.45, 7) is 8.40. The van der Waals surface area contributed by atoms with Gasteiger partial charge in [0, 0.05) is 34.2 Å². The van der Waals surface area contributed by atoms with Gasteiger partial charge >= 0.3 is 0 Å². The molecule has 2 nitrogen and oxygen atoms in total. The van der Waals surface area contributed by atoms with Crippen LogP contribution in [0.1, 0.15) is 31.2 Å². The molecular formula is C17H23BrN2S. The van der Waals surface area contributed by atoms with Gasteiger partial charge in [-0.05, 0) is 56.0 Å². The highest BCUT2D eigenvalue weighted by atomic mass is 79.9. The van der Waals surface area contributed by atoms with Crippen molar-refractivity contribution in [2.45, 2.75) is 39.4 Å². The maximum absolute atomic E-state index is 3.58. The maximum atomic E-state index is 3.58. The summed E-state index contributed by atoms with van der Waals surface area (Å²) in [4.78, 5) is 3.70. The second-order valence-corrected chi connectivity index (χ2v) is 8.26. The van der Waals surface area contributed by atoms with Crippen LogP contribution in [0.3, 0.4) is 0 Å². The van der Waals surface area contributed by atoms with E-state index in [1.807, 2.05) is 0 Å².